The molecule has 2 aromatic heterocycles. The number of nitrogen functional groups attached to an aromatic ring is 1. The number of aryl methyl sites for hydroxylation is 1. The van der Waals surface area contributed by atoms with E-state index >= 15 is 0 Å². The highest BCUT2D eigenvalue weighted by molar-refractivity contribution is 7.12. The van der Waals surface area contributed by atoms with Gasteiger partial charge in [0, 0.05) is 6.54 Å². The number of hydrogen-bond donors (Lipinski definition) is 3. The monoisotopic (exact) mass is 422 g/mol. The molecule has 2 amide bonds. The van der Waals surface area contributed by atoms with Crippen LogP contribution in [-0.2, 0) is 11.2 Å². The molecule has 30 heavy (non-hydrogen) atoms. The van der Waals surface area contributed by atoms with Crippen LogP contribution in [0.1, 0.15) is 34.3 Å². The summed E-state index contributed by atoms with van der Waals surface area (Å²) in [6.07, 6.45) is 1.07. The molecule has 1 unspecified atom stereocenters. The molecule has 0 aliphatic carbocycles. The van der Waals surface area contributed by atoms with Crippen molar-refractivity contribution in [1.82, 2.24) is 20.4 Å². The quantitative estimate of drug-likeness (QED) is 0.480. The number of carbonyl (C=O) groups is 2. The van der Waals surface area contributed by atoms with Gasteiger partial charge in [-0.25, -0.2) is 4.68 Å². The fourth-order valence-corrected chi connectivity index (χ4v) is 3.53. The van der Waals surface area contributed by atoms with Crippen LogP contribution >= 0.6 is 11.3 Å². The number of nitriles is 1. The Hall–Kier alpha value is -3.64. The maximum Gasteiger partial charge on any atom is 0.261 e. The van der Waals surface area contributed by atoms with E-state index in [9.17, 15) is 14.9 Å². The number of benzene rings is 1. The predicted octanol–water partition coefficient (Wildman–Crippen LogP) is 2.25. The molecule has 9 heteroatoms. The van der Waals surface area contributed by atoms with Gasteiger partial charge in [-0.2, -0.15) is 10.4 Å². The molecule has 3 aromatic rings. The minimum absolute atomic E-state index is 0.269. The minimum Gasteiger partial charge on any atom is -0.382 e. The van der Waals surface area contributed by atoms with Gasteiger partial charge in [0.1, 0.15) is 23.5 Å². The lowest BCUT2D eigenvalue weighted by Gasteiger charge is -2.13. The van der Waals surface area contributed by atoms with Gasteiger partial charge in [0.05, 0.1) is 16.3 Å². The Kier molecular flexibility index (Phi) is 6.83. The summed E-state index contributed by atoms with van der Waals surface area (Å²) in [6, 6.07) is 14.3. The number of anilines is 1. The van der Waals surface area contributed by atoms with E-state index in [1.54, 1.807) is 29.1 Å². The molecule has 0 saturated heterocycles. The van der Waals surface area contributed by atoms with E-state index in [1.807, 2.05) is 30.3 Å². The number of carbonyl (C=O) groups excluding carboxylic acids is 2. The van der Waals surface area contributed by atoms with E-state index in [0.717, 1.165) is 5.69 Å². The molecule has 0 spiro atoms. The molecule has 2 heterocycles. The Bertz CT molecular complexity index is 1050. The summed E-state index contributed by atoms with van der Waals surface area (Å²) >= 11 is 1.32. The van der Waals surface area contributed by atoms with Crippen LogP contribution in [-0.4, -0.2) is 34.2 Å². The highest BCUT2D eigenvalue weighted by Crippen LogP contribution is 2.21. The van der Waals surface area contributed by atoms with Crippen LogP contribution in [0.25, 0.3) is 5.69 Å². The zero-order valence-electron chi connectivity index (χ0n) is 16.5. The number of hydrogen-bond acceptors (Lipinski definition) is 6. The predicted molar refractivity (Wildman–Crippen MR) is 115 cm³/mol. The Balaban J connectivity index is 1.52. The Morgan fingerprint density at radius 2 is 2.03 bits per heavy atom. The van der Waals surface area contributed by atoms with Crippen molar-refractivity contribution in [3.05, 3.63) is 64.0 Å². The van der Waals surface area contributed by atoms with Crippen LogP contribution in [0.5, 0.6) is 0 Å². The van der Waals surface area contributed by atoms with Crippen LogP contribution < -0.4 is 16.4 Å². The number of nitrogens with two attached hydrogens (primary N) is 1. The van der Waals surface area contributed by atoms with Crippen molar-refractivity contribution < 1.29 is 9.59 Å². The number of aromatic nitrogens is 2. The van der Waals surface area contributed by atoms with E-state index in [4.69, 9.17) is 5.73 Å². The van der Waals surface area contributed by atoms with Gasteiger partial charge in [-0.3, -0.25) is 9.59 Å². The zero-order chi connectivity index (χ0) is 21.5. The molecule has 0 radical (unpaired) electrons. The van der Waals surface area contributed by atoms with Gasteiger partial charge in [0.2, 0.25) is 5.91 Å². The second-order valence-electron chi connectivity index (χ2n) is 6.63. The first-order valence-corrected chi connectivity index (χ1v) is 10.3. The molecule has 3 rings (SSSR count). The van der Waals surface area contributed by atoms with E-state index in [2.05, 4.69) is 21.8 Å². The average Bonchev–Trinajstić information content (AvgIpc) is 3.40. The number of nitrogens with one attached hydrogen (secondary N) is 2. The molecule has 4 N–H and O–H groups in total. The van der Waals surface area contributed by atoms with Crippen molar-refractivity contribution >= 4 is 29.0 Å². The summed E-state index contributed by atoms with van der Waals surface area (Å²) in [5.41, 5.74) is 7.81. The maximum absolute atomic E-state index is 12.2. The lowest BCUT2D eigenvalue weighted by atomic mass is 10.1. The van der Waals surface area contributed by atoms with Crippen molar-refractivity contribution in [2.75, 3.05) is 12.3 Å². The Morgan fingerprint density at radius 1 is 1.27 bits per heavy atom. The first-order valence-electron chi connectivity index (χ1n) is 9.46. The van der Waals surface area contributed by atoms with Gasteiger partial charge in [-0.1, -0.05) is 24.3 Å². The Labute approximate surface area is 178 Å². The molecule has 0 fully saturated rings. The fourth-order valence-electron chi connectivity index (χ4n) is 2.90. The van der Waals surface area contributed by atoms with Gasteiger partial charge in [-0.05, 0) is 43.3 Å². The standard InChI is InChI=1S/C21H22N6O2S/c1-14(25-21(29)18-10-6-12-30-18)20(28)24-11-5-9-17-16(13-22)19(23)27(26-17)15-7-3-2-4-8-15/h2-4,6-8,10,12,14H,5,9,11,23H2,1H3,(H,24,28)(H,25,29). The summed E-state index contributed by atoms with van der Waals surface area (Å²) in [5, 5.41) is 21.2. The second kappa shape index (κ2) is 9.71. The second-order valence-corrected chi connectivity index (χ2v) is 7.58. The highest BCUT2D eigenvalue weighted by atomic mass is 32.1. The van der Waals surface area contributed by atoms with E-state index < -0.39 is 6.04 Å². The summed E-state index contributed by atoms with van der Waals surface area (Å²) in [5.74, 6) is -0.240. The average molecular weight is 423 g/mol. The van der Waals surface area contributed by atoms with Crippen LogP contribution in [0.4, 0.5) is 5.82 Å². The van der Waals surface area contributed by atoms with Crippen molar-refractivity contribution in [3.8, 4) is 11.8 Å². The molecule has 1 aromatic carbocycles. The Morgan fingerprint density at radius 3 is 2.70 bits per heavy atom. The number of rotatable bonds is 8. The van der Waals surface area contributed by atoms with Gasteiger partial charge in [0.25, 0.3) is 5.91 Å². The first kappa shape index (κ1) is 21.1. The molecule has 0 saturated carbocycles. The molecular formula is C21H22N6O2S. The molecule has 0 bridgehead atoms. The molecule has 0 aliphatic rings. The lowest BCUT2D eigenvalue weighted by Crippen LogP contribution is -2.44. The van der Waals surface area contributed by atoms with Gasteiger partial charge in [0.15, 0.2) is 0 Å². The van der Waals surface area contributed by atoms with E-state index in [-0.39, 0.29) is 11.8 Å². The molecule has 0 aliphatic heterocycles. The number of nitrogens with zero attached hydrogens (tertiary/aromatic N) is 3. The van der Waals surface area contributed by atoms with Crippen LogP contribution in [0.15, 0.2) is 47.8 Å². The van der Waals surface area contributed by atoms with E-state index in [0.29, 0.717) is 41.3 Å². The third kappa shape index (κ3) is 4.85. The summed E-state index contributed by atoms with van der Waals surface area (Å²) in [6.45, 7) is 2.03. The van der Waals surface area contributed by atoms with Gasteiger partial charge in [-0.15, -0.1) is 11.3 Å². The lowest BCUT2D eigenvalue weighted by molar-refractivity contribution is -0.122. The molecule has 1 atom stereocenters. The summed E-state index contributed by atoms with van der Waals surface area (Å²) in [7, 11) is 0. The third-order valence-corrected chi connectivity index (χ3v) is 5.35. The van der Waals surface area contributed by atoms with E-state index in [1.165, 1.54) is 11.3 Å². The number of amides is 2. The number of thiophene rings is 1. The third-order valence-electron chi connectivity index (χ3n) is 4.48. The largest absolute Gasteiger partial charge is 0.382 e. The van der Waals surface area contributed by atoms with Crippen LogP contribution in [0, 0.1) is 11.3 Å². The zero-order valence-corrected chi connectivity index (χ0v) is 17.3. The SMILES string of the molecule is CC(NC(=O)c1cccs1)C(=O)NCCCc1nn(-c2ccccc2)c(N)c1C#N. The topological polar surface area (TPSA) is 126 Å². The summed E-state index contributed by atoms with van der Waals surface area (Å²) in [4.78, 5) is 24.8. The van der Waals surface area contributed by atoms with Crippen molar-refractivity contribution in [1.29, 1.82) is 5.26 Å². The van der Waals surface area contributed by atoms with Crippen molar-refractivity contribution in [3.63, 3.8) is 0 Å². The van der Waals surface area contributed by atoms with Crippen LogP contribution in [0.2, 0.25) is 0 Å². The first-order chi connectivity index (χ1) is 14.5. The number of para-hydroxylation sites is 1. The van der Waals surface area contributed by atoms with Gasteiger partial charge < -0.3 is 16.4 Å². The normalized spacial score (nSPS) is 11.5. The highest BCUT2D eigenvalue weighted by Gasteiger charge is 2.18. The van der Waals surface area contributed by atoms with Crippen LogP contribution in [0.3, 0.4) is 0 Å². The molecular weight excluding hydrogens is 400 g/mol. The molecule has 8 nitrogen and oxygen atoms in total. The van der Waals surface area contributed by atoms with Crippen molar-refractivity contribution in [2.45, 2.75) is 25.8 Å². The fraction of sp³-hybridized carbons (Fsp3) is 0.238. The minimum atomic E-state index is -0.651. The van der Waals surface area contributed by atoms with Crippen molar-refractivity contribution in [2.24, 2.45) is 0 Å². The van der Waals surface area contributed by atoms with Gasteiger partial charge >= 0.3 is 0 Å². The smallest absolute Gasteiger partial charge is 0.261 e. The maximum atomic E-state index is 12.2. The summed E-state index contributed by atoms with van der Waals surface area (Å²) < 4.78 is 1.55. The molecule has 154 valence electrons.